The van der Waals surface area contributed by atoms with E-state index in [-0.39, 0.29) is 24.6 Å². The lowest BCUT2D eigenvalue weighted by molar-refractivity contribution is 0.186. The summed E-state index contributed by atoms with van der Waals surface area (Å²) in [5.41, 5.74) is 11.8. The van der Waals surface area contributed by atoms with Crippen molar-refractivity contribution in [2.75, 3.05) is 44.3 Å². The van der Waals surface area contributed by atoms with Crippen LogP contribution >= 0.6 is 0 Å². The van der Waals surface area contributed by atoms with Crippen molar-refractivity contribution in [3.63, 3.8) is 0 Å². The first-order valence-electron chi connectivity index (χ1n) is 11.0. The van der Waals surface area contributed by atoms with Crippen LogP contribution in [0.5, 0.6) is 0 Å². The predicted octanol–water partition coefficient (Wildman–Crippen LogP) is -1.48. The Morgan fingerprint density at radius 2 is 1.82 bits per heavy atom. The fraction of sp³-hybridized carbons (Fsp3) is 0.632. The van der Waals surface area contributed by atoms with Crippen LogP contribution in [0.15, 0.2) is 37.1 Å². The number of aliphatic hydroxyl groups excluding tert-OH is 1. The van der Waals surface area contributed by atoms with E-state index in [2.05, 4.69) is 19.9 Å². The molecule has 2 aliphatic heterocycles. The summed E-state index contributed by atoms with van der Waals surface area (Å²) in [5.74, 6) is 1.11. The van der Waals surface area contributed by atoms with E-state index in [0.29, 0.717) is 43.1 Å². The molecule has 4 rings (SSSR count). The van der Waals surface area contributed by atoms with Crippen molar-refractivity contribution in [1.29, 1.82) is 0 Å². The predicted molar refractivity (Wildman–Crippen MR) is 125 cm³/mol. The molecule has 188 valence electrons. The standard InChI is InChI=1S/C19H30N8O5S2/c20-5-13(28)7-25-34(31,32)16-4-3-15(27-8-11-1-2-12(9-27)14(11)6-21)17(18(16)33(22,29)30)19-23-10-24-26-19/h3-4,11-14,25,28H,1-2,5-10,20-21H2,(H2,22,29,30)/t11?,12?,13-,14?/m1/s1. The zero-order chi connectivity index (χ0) is 24.7. The van der Waals surface area contributed by atoms with Crippen LogP contribution in [0.2, 0.25) is 0 Å². The van der Waals surface area contributed by atoms with Crippen molar-refractivity contribution in [3.8, 4) is 0 Å². The average Bonchev–Trinajstić information content (AvgIpc) is 3.41. The molecule has 2 heterocycles. The molecule has 1 aliphatic carbocycles. The van der Waals surface area contributed by atoms with Crippen LogP contribution in [-0.4, -0.2) is 73.3 Å². The molecule has 8 N–H and O–H groups in total. The Morgan fingerprint density at radius 1 is 1.15 bits per heavy atom. The van der Waals surface area contributed by atoms with Gasteiger partial charge < -0.3 is 21.5 Å². The number of primary sulfonamides is 1. The first-order chi connectivity index (χ1) is 16.1. The molecule has 15 heteroatoms. The number of sulfonamides is 2. The SMILES string of the molecule is NCC1C2CCC1CN(c1ccc(S(=O)(=O)NC[C@H](O)CN)c(S(N)(=O)=O)c1C1=NCN=N1)C2. The highest BCUT2D eigenvalue weighted by Crippen LogP contribution is 2.44. The van der Waals surface area contributed by atoms with Gasteiger partial charge in [-0.15, -0.1) is 5.11 Å². The molecule has 0 radical (unpaired) electrons. The molecule has 3 aliphatic rings. The van der Waals surface area contributed by atoms with E-state index in [4.69, 9.17) is 16.6 Å². The minimum Gasteiger partial charge on any atom is -0.390 e. The average molecular weight is 515 g/mol. The number of nitrogens with one attached hydrogen (secondary N) is 1. The Kier molecular flexibility index (Phi) is 7.06. The van der Waals surface area contributed by atoms with Gasteiger partial charge in [0.15, 0.2) is 12.5 Å². The normalized spacial score (nSPS) is 25.6. The molecule has 34 heavy (non-hydrogen) atoms. The highest BCUT2D eigenvalue weighted by atomic mass is 32.2. The molecule has 0 spiro atoms. The number of aliphatic hydroxyl groups is 1. The summed E-state index contributed by atoms with van der Waals surface area (Å²) < 4.78 is 53.9. The van der Waals surface area contributed by atoms with E-state index in [1.54, 1.807) is 6.07 Å². The molecule has 0 aromatic heterocycles. The lowest BCUT2D eigenvalue weighted by Crippen LogP contribution is -2.45. The second-order valence-corrected chi connectivity index (χ2v) is 12.1. The van der Waals surface area contributed by atoms with Crippen molar-refractivity contribution in [3.05, 3.63) is 17.7 Å². The monoisotopic (exact) mass is 514 g/mol. The highest BCUT2D eigenvalue weighted by molar-refractivity contribution is 7.92. The molecule has 3 atom stereocenters. The molecule has 1 aromatic rings. The largest absolute Gasteiger partial charge is 0.390 e. The number of benzene rings is 1. The van der Waals surface area contributed by atoms with Crippen LogP contribution < -0.4 is 26.2 Å². The van der Waals surface area contributed by atoms with E-state index in [0.717, 1.165) is 12.8 Å². The van der Waals surface area contributed by atoms with Crippen LogP contribution in [0.3, 0.4) is 0 Å². The van der Waals surface area contributed by atoms with Crippen molar-refractivity contribution in [2.24, 2.45) is 49.6 Å². The van der Waals surface area contributed by atoms with Crippen LogP contribution in [0.4, 0.5) is 5.69 Å². The molecule has 2 unspecified atom stereocenters. The number of fused-ring (bicyclic) bond motifs is 2. The quantitative estimate of drug-likeness (QED) is 0.261. The molecular weight excluding hydrogens is 484 g/mol. The van der Waals surface area contributed by atoms with Gasteiger partial charge in [0.1, 0.15) is 9.79 Å². The van der Waals surface area contributed by atoms with E-state index >= 15 is 0 Å². The molecule has 13 nitrogen and oxygen atoms in total. The van der Waals surface area contributed by atoms with Crippen molar-refractivity contribution < 1.29 is 21.9 Å². The molecule has 2 fully saturated rings. The minimum absolute atomic E-state index is 0.00273. The smallest absolute Gasteiger partial charge is 0.242 e. The highest BCUT2D eigenvalue weighted by Gasteiger charge is 2.43. The fourth-order valence-electron chi connectivity index (χ4n) is 5.17. The summed E-state index contributed by atoms with van der Waals surface area (Å²) in [6.07, 6.45) is 0.917. The molecule has 1 saturated carbocycles. The third-order valence-electron chi connectivity index (χ3n) is 6.77. The van der Waals surface area contributed by atoms with Gasteiger partial charge in [-0.05, 0) is 49.3 Å². The molecule has 1 saturated heterocycles. The van der Waals surface area contributed by atoms with Gasteiger partial charge in [0, 0.05) is 31.9 Å². The number of hydrogen-bond acceptors (Lipinski definition) is 11. The van der Waals surface area contributed by atoms with Gasteiger partial charge in [0.05, 0.1) is 11.7 Å². The van der Waals surface area contributed by atoms with E-state index < -0.39 is 42.5 Å². The summed E-state index contributed by atoms with van der Waals surface area (Å²) in [4.78, 5) is 5.06. The van der Waals surface area contributed by atoms with Crippen LogP contribution in [0.25, 0.3) is 0 Å². The number of hydrogen-bond donors (Lipinski definition) is 5. The van der Waals surface area contributed by atoms with Crippen LogP contribution in [-0.2, 0) is 20.0 Å². The minimum atomic E-state index is -4.55. The maximum atomic E-state index is 13.1. The topological polar surface area (TPSA) is 219 Å². The van der Waals surface area contributed by atoms with Gasteiger partial charge >= 0.3 is 0 Å². The lowest BCUT2D eigenvalue weighted by atomic mass is 9.85. The number of rotatable bonds is 9. The Balaban J connectivity index is 1.86. The lowest BCUT2D eigenvalue weighted by Gasteiger charge is -2.40. The van der Waals surface area contributed by atoms with E-state index in [9.17, 15) is 21.9 Å². The number of aliphatic imine (C=N–C) groups is 1. The van der Waals surface area contributed by atoms with Gasteiger partial charge in [-0.1, -0.05) is 0 Å². The number of piperidine rings is 1. The van der Waals surface area contributed by atoms with Crippen molar-refractivity contribution in [1.82, 2.24) is 4.72 Å². The van der Waals surface area contributed by atoms with Gasteiger partial charge in [0.25, 0.3) is 0 Å². The van der Waals surface area contributed by atoms with Gasteiger partial charge in [-0.25, -0.2) is 31.7 Å². The van der Waals surface area contributed by atoms with Gasteiger partial charge in [-0.3, -0.25) is 0 Å². The first-order valence-corrected chi connectivity index (χ1v) is 14.0. The molecule has 1 aromatic carbocycles. The fourth-order valence-corrected chi connectivity index (χ4v) is 7.84. The number of nitrogens with two attached hydrogens (primary N) is 3. The van der Waals surface area contributed by atoms with E-state index in [1.807, 2.05) is 4.90 Å². The van der Waals surface area contributed by atoms with Gasteiger partial charge in [0.2, 0.25) is 20.0 Å². The Morgan fingerprint density at radius 3 is 2.35 bits per heavy atom. The number of amidine groups is 1. The molecular formula is C19H30N8O5S2. The van der Waals surface area contributed by atoms with E-state index in [1.165, 1.54) is 6.07 Å². The summed E-state index contributed by atoms with van der Waals surface area (Å²) >= 11 is 0. The Labute approximate surface area is 198 Å². The zero-order valence-corrected chi connectivity index (χ0v) is 20.2. The first kappa shape index (κ1) is 25.1. The second kappa shape index (κ2) is 9.56. The number of azo groups is 1. The summed E-state index contributed by atoms with van der Waals surface area (Å²) in [7, 11) is -8.94. The third kappa shape index (κ3) is 4.73. The molecule has 0 amide bonds. The number of anilines is 1. The Hall–Kier alpha value is -2.01. The maximum Gasteiger partial charge on any atom is 0.242 e. The van der Waals surface area contributed by atoms with Crippen molar-refractivity contribution in [2.45, 2.75) is 28.7 Å². The zero-order valence-electron chi connectivity index (χ0n) is 18.5. The van der Waals surface area contributed by atoms with Gasteiger partial charge in [-0.2, -0.15) is 5.11 Å². The second-order valence-electron chi connectivity index (χ2n) is 8.84. The summed E-state index contributed by atoms with van der Waals surface area (Å²) in [6, 6.07) is 2.76. The summed E-state index contributed by atoms with van der Waals surface area (Å²) in [6.45, 7) is 1.32. The van der Waals surface area contributed by atoms with Crippen LogP contribution in [0.1, 0.15) is 18.4 Å². The number of nitrogens with zero attached hydrogens (tertiary/aromatic N) is 4. The van der Waals surface area contributed by atoms with Crippen molar-refractivity contribution >= 4 is 31.6 Å². The maximum absolute atomic E-state index is 13.1. The Bertz CT molecular complexity index is 1200. The molecule has 2 bridgehead atoms. The van der Waals surface area contributed by atoms with Crippen LogP contribution in [0, 0.1) is 17.8 Å². The third-order valence-corrected chi connectivity index (χ3v) is 9.36. The summed E-state index contributed by atoms with van der Waals surface area (Å²) in [5, 5.41) is 23.0.